The maximum absolute atomic E-state index is 11.9. The van der Waals surface area contributed by atoms with Crippen LogP contribution in [-0.4, -0.2) is 30.2 Å². The van der Waals surface area contributed by atoms with Crippen molar-refractivity contribution in [2.45, 2.75) is 60.0 Å². The Balaban J connectivity index is 1.88. The van der Waals surface area contributed by atoms with Crippen molar-refractivity contribution in [3.05, 3.63) is 63.6 Å². The van der Waals surface area contributed by atoms with E-state index in [4.69, 9.17) is 9.73 Å². The van der Waals surface area contributed by atoms with Crippen LogP contribution in [0.5, 0.6) is 5.75 Å². The van der Waals surface area contributed by atoms with Gasteiger partial charge in [0.05, 0.1) is 13.2 Å². The zero-order chi connectivity index (χ0) is 21.8. The van der Waals surface area contributed by atoms with Crippen LogP contribution in [0.2, 0.25) is 0 Å². The number of benzene rings is 1. The lowest BCUT2D eigenvalue weighted by atomic mass is 10.1. The number of rotatable bonds is 11. The van der Waals surface area contributed by atoms with E-state index < -0.39 is 0 Å². The molecule has 30 heavy (non-hydrogen) atoms. The summed E-state index contributed by atoms with van der Waals surface area (Å²) in [5.74, 6) is 1.72. The molecule has 1 aromatic carbocycles. The predicted molar refractivity (Wildman–Crippen MR) is 124 cm³/mol. The minimum absolute atomic E-state index is 0.0667. The molecule has 0 aliphatic carbocycles. The number of nitrogens with one attached hydrogen (secondary N) is 2. The first-order chi connectivity index (χ1) is 14.5. The maximum Gasteiger partial charge on any atom is 0.250 e. The van der Waals surface area contributed by atoms with Gasteiger partial charge in [0.1, 0.15) is 5.75 Å². The summed E-state index contributed by atoms with van der Waals surface area (Å²) >= 11 is 0. The first-order valence-electron chi connectivity index (χ1n) is 11.0. The number of pyridine rings is 1. The van der Waals surface area contributed by atoms with E-state index in [9.17, 15) is 4.79 Å². The standard InChI is InChI=1S/C24H36N4O2/c1-5-16-30-22-17-19(3)12-13-21(22)18-27-24(25-6-2)26-14-7-8-15-28-20(4)10-9-11-23(28)29/h9-13,17H,5-8,14-16,18H2,1-4H3,(H2,25,26,27). The van der Waals surface area contributed by atoms with E-state index in [2.05, 4.69) is 49.6 Å². The van der Waals surface area contributed by atoms with Crippen LogP contribution >= 0.6 is 0 Å². The second kappa shape index (κ2) is 12.7. The summed E-state index contributed by atoms with van der Waals surface area (Å²) in [5, 5.41) is 6.69. The highest BCUT2D eigenvalue weighted by molar-refractivity contribution is 5.79. The molecule has 0 atom stereocenters. The molecule has 0 amide bonds. The molecule has 0 aliphatic rings. The predicted octanol–water partition coefficient (Wildman–Crippen LogP) is 3.79. The number of aryl methyl sites for hydroxylation is 2. The molecule has 0 bridgehead atoms. The molecule has 0 saturated heterocycles. The van der Waals surface area contributed by atoms with Crippen LogP contribution in [0.4, 0.5) is 0 Å². The SMILES string of the molecule is CCCOc1cc(C)ccc1CN=C(NCC)NCCCCn1c(C)cccc1=O. The lowest BCUT2D eigenvalue weighted by Gasteiger charge is -2.14. The second-order valence-electron chi connectivity index (χ2n) is 7.45. The van der Waals surface area contributed by atoms with E-state index >= 15 is 0 Å². The molecule has 0 aliphatic heterocycles. The van der Waals surface area contributed by atoms with Gasteiger partial charge >= 0.3 is 0 Å². The molecule has 2 N–H and O–H groups in total. The van der Waals surface area contributed by atoms with Crippen molar-refractivity contribution in [1.29, 1.82) is 0 Å². The summed E-state index contributed by atoms with van der Waals surface area (Å²) in [4.78, 5) is 16.7. The topological polar surface area (TPSA) is 67.7 Å². The Morgan fingerprint density at radius 1 is 1.10 bits per heavy atom. The van der Waals surface area contributed by atoms with Gasteiger partial charge in [-0.05, 0) is 57.7 Å². The van der Waals surface area contributed by atoms with Crippen molar-refractivity contribution in [3.63, 3.8) is 0 Å². The van der Waals surface area contributed by atoms with Crippen molar-refractivity contribution in [2.24, 2.45) is 4.99 Å². The number of aromatic nitrogens is 1. The van der Waals surface area contributed by atoms with Crippen LogP contribution in [0.25, 0.3) is 0 Å². The first-order valence-corrected chi connectivity index (χ1v) is 11.0. The summed E-state index contributed by atoms with van der Waals surface area (Å²) in [5.41, 5.74) is 3.35. The number of ether oxygens (including phenoxy) is 1. The van der Waals surface area contributed by atoms with Crippen molar-refractivity contribution >= 4 is 5.96 Å². The molecule has 6 nitrogen and oxygen atoms in total. The van der Waals surface area contributed by atoms with Crippen LogP contribution in [0.3, 0.4) is 0 Å². The Bertz CT molecular complexity index is 874. The average Bonchev–Trinajstić information content (AvgIpc) is 2.72. The fourth-order valence-electron chi connectivity index (χ4n) is 3.16. The average molecular weight is 413 g/mol. The highest BCUT2D eigenvalue weighted by atomic mass is 16.5. The number of unbranched alkanes of at least 4 members (excludes halogenated alkanes) is 1. The summed E-state index contributed by atoms with van der Waals surface area (Å²) in [7, 11) is 0. The third-order valence-electron chi connectivity index (χ3n) is 4.81. The van der Waals surface area contributed by atoms with Gasteiger partial charge in [0.25, 0.3) is 5.56 Å². The number of aliphatic imine (C=N–C) groups is 1. The first kappa shape index (κ1) is 23.5. The molecule has 2 rings (SSSR count). The summed E-state index contributed by atoms with van der Waals surface area (Å²) in [6, 6.07) is 11.7. The Labute approximate surface area is 180 Å². The summed E-state index contributed by atoms with van der Waals surface area (Å²) in [6.45, 7) is 11.8. The Morgan fingerprint density at radius 3 is 2.67 bits per heavy atom. The van der Waals surface area contributed by atoms with Crippen molar-refractivity contribution in [1.82, 2.24) is 15.2 Å². The highest BCUT2D eigenvalue weighted by Crippen LogP contribution is 2.21. The second-order valence-corrected chi connectivity index (χ2v) is 7.45. The number of guanidine groups is 1. The third-order valence-corrected chi connectivity index (χ3v) is 4.81. The molecule has 2 aromatic rings. The number of hydrogen-bond acceptors (Lipinski definition) is 3. The van der Waals surface area contributed by atoms with Gasteiger partial charge in [-0.2, -0.15) is 0 Å². The van der Waals surface area contributed by atoms with Gasteiger partial charge in [-0.3, -0.25) is 4.79 Å². The molecule has 0 spiro atoms. The minimum Gasteiger partial charge on any atom is -0.493 e. The molecule has 0 saturated carbocycles. The molecule has 0 unspecified atom stereocenters. The van der Waals surface area contributed by atoms with E-state index in [1.165, 1.54) is 5.56 Å². The van der Waals surface area contributed by atoms with Gasteiger partial charge in [-0.25, -0.2) is 4.99 Å². The molecule has 0 fully saturated rings. The highest BCUT2D eigenvalue weighted by Gasteiger charge is 2.05. The summed E-state index contributed by atoms with van der Waals surface area (Å²) < 4.78 is 7.72. The third kappa shape index (κ3) is 7.58. The van der Waals surface area contributed by atoms with Gasteiger partial charge in [-0.15, -0.1) is 0 Å². The van der Waals surface area contributed by atoms with Crippen LogP contribution < -0.4 is 20.9 Å². The Kier molecular flexibility index (Phi) is 9.98. The van der Waals surface area contributed by atoms with E-state index in [0.29, 0.717) is 13.2 Å². The van der Waals surface area contributed by atoms with Crippen molar-refractivity contribution < 1.29 is 4.74 Å². The van der Waals surface area contributed by atoms with E-state index in [-0.39, 0.29) is 5.56 Å². The maximum atomic E-state index is 11.9. The number of nitrogens with zero attached hydrogens (tertiary/aromatic N) is 2. The summed E-state index contributed by atoms with van der Waals surface area (Å²) in [6.07, 6.45) is 2.88. The molecule has 1 heterocycles. The van der Waals surface area contributed by atoms with Crippen LogP contribution in [0.15, 0.2) is 46.2 Å². The van der Waals surface area contributed by atoms with Gasteiger partial charge < -0.3 is 19.9 Å². The van der Waals surface area contributed by atoms with Gasteiger partial charge in [0.2, 0.25) is 0 Å². The number of hydrogen-bond donors (Lipinski definition) is 2. The zero-order valence-corrected chi connectivity index (χ0v) is 18.8. The van der Waals surface area contributed by atoms with Gasteiger partial charge in [0, 0.05) is 37.0 Å². The fraction of sp³-hybridized carbons (Fsp3) is 0.500. The van der Waals surface area contributed by atoms with Crippen molar-refractivity contribution in [2.75, 3.05) is 19.7 Å². The monoisotopic (exact) mass is 412 g/mol. The normalized spacial score (nSPS) is 11.4. The van der Waals surface area contributed by atoms with Crippen LogP contribution in [0, 0.1) is 13.8 Å². The quantitative estimate of drug-likeness (QED) is 0.335. The minimum atomic E-state index is 0.0667. The van der Waals surface area contributed by atoms with Crippen LogP contribution in [0.1, 0.15) is 49.9 Å². The zero-order valence-electron chi connectivity index (χ0n) is 18.8. The molecular weight excluding hydrogens is 376 g/mol. The molecule has 6 heteroatoms. The van der Waals surface area contributed by atoms with E-state index in [0.717, 1.165) is 61.9 Å². The molecular formula is C24H36N4O2. The van der Waals surface area contributed by atoms with Gasteiger partial charge in [-0.1, -0.05) is 25.1 Å². The van der Waals surface area contributed by atoms with E-state index in [1.807, 2.05) is 23.6 Å². The van der Waals surface area contributed by atoms with Crippen molar-refractivity contribution in [3.8, 4) is 5.75 Å². The Hall–Kier alpha value is -2.76. The fourth-order valence-corrected chi connectivity index (χ4v) is 3.16. The van der Waals surface area contributed by atoms with Gasteiger partial charge in [0.15, 0.2) is 5.96 Å². The van der Waals surface area contributed by atoms with E-state index in [1.54, 1.807) is 6.07 Å². The lowest BCUT2D eigenvalue weighted by molar-refractivity contribution is 0.314. The largest absolute Gasteiger partial charge is 0.493 e. The lowest BCUT2D eigenvalue weighted by Crippen LogP contribution is -2.37. The molecule has 164 valence electrons. The smallest absolute Gasteiger partial charge is 0.250 e. The molecule has 0 radical (unpaired) electrons. The Morgan fingerprint density at radius 2 is 1.93 bits per heavy atom. The van der Waals surface area contributed by atoms with Crippen LogP contribution in [-0.2, 0) is 13.1 Å². The molecule has 1 aromatic heterocycles.